The Balaban J connectivity index is 1.88. The van der Waals surface area contributed by atoms with Gasteiger partial charge >= 0.3 is 5.97 Å². The molecular weight excluding hydrogens is 254 g/mol. The van der Waals surface area contributed by atoms with E-state index in [1.54, 1.807) is 12.3 Å². The lowest BCUT2D eigenvalue weighted by molar-refractivity contribution is 0.0599. The van der Waals surface area contributed by atoms with Crippen molar-refractivity contribution in [2.24, 2.45) is 7.05 Å². The monoisotopic (exact) mass is 273 g/mol. The van der Waals surface area contributed by atoms with Crippen LogP contribution >= 0.6 is 0 Å². The molecule has 2 rings (SSSR count). The van der Waals surface area contributed by atoms with Crippen molar-refractivity contribution in [1.82, 2.24) is 14.9 Å². The Labute approximate surface area is 118 Å². The highest BCUT2D eigenvalue weighted by molar-refractivity contribution is 5.90. The maximum absolute atomic E-state index is 11.6. The third kappa shape index (κ3) is 3.45. The lowest BCUT2D eigenvalue weighted by Crippen LogP contribution is -2.20. The van der Waals surface area contributed by atoms with Crippen LogP contribution in [0, 0.1) is 0 Å². The van der Waals surface area contributed by atoms with Crippen molar-refractivity contribution in [3.05, 3.63) is 53.6 Å². The van der Waals surface area contributed by atoms with Crippen LogP contribution in [-0.2, 0) is 24.8 Å². The van der Waals surface area contributed by atoms with Gasteiger partial charge in [-0.15, -0.1) is 0 Å². The average molecular weight is 273 g/mol. The molecule has 1 aromatic heterocycles. The largest absolute Gasteiger partial charge is 0.465 e. The third-order valence-electron chi connectivity index (χ3n) is 3.18. The number of ether oxygens (including phenoxy) is 1. The minimum Gasteiger partial charge on any atom is -0.465 e. The minimum absolute atomic E-state index is 0.300. The van der Waals surface area contributed by atoms with E-state index in [2.05, 4.69) is 10.3 Å². The number of nitrogens with zero attached hydrogens (tertiary/aromatic N) is 2. The molecular formula is C15H19N3O2. The standard InChI is InChI=1S/C15H19N3O2/c1-18-10-9-17-14(18)7-8-16-11-12-5-3-4-6-13(12)15(19)20-2/h3-6,9-10,16H,7-8,11H2,1-2H3. The van der Waals surface area contributed by atoms with Crippen molar-refractivity contribution < 1.29 is 9.53 Å². The molecule has 0 saturated heterocycles. The maximum Gasteiger partial charge on any atom is 0.338 e. The van der Waals surface area contributed by atoms with Crippen molar-refractivity contribution in [1.29, 1.82) is 0 Å². The molecule has 1 aromatic carbocycles. The van der Waals surface area contributed by atoms with Crippen LogP contribution in [0.3, 0.4) is 0 Å². The molecule has 106 valence electrons. The summed E-state index contributed by atoms with van der Waals surface area (Å²) in [5.41, 5.74) is 1.55. The van der Waals surface area contributed by atoms with Crippen LogP contribution < -0.4 is 5.32 Å². The normalized spacial score (nSPS) is 10.5. The zero-order chi connectivity index (χ0) is 14.4. The van der Waals surface area contributed by atoms with E-state index in [-0.39, 0.29) is 5.97 Å². The number of benzene rings is 1. The Kier molecular flexibility index (Phi) is 4.90. The number of imidazole rings is 1. The van der Waals surface area contributed by atoms with Crippen LogP contribution in [0.1, 0.15) is 21.7 Å². The molecule has 20 heavy (non-hydrogen) atoms. The van der Waals surface area contributed by atoms with Gasteiger partial charge in [-0.3, -0.25) is 0 Å². The topological polar surface area (TPSA) is 56.1 Å². The first-order valence-corrected chi connectivity index (χ1v) is 6.55. The zero-order valence-corrected chi connectivity index (χ0v) is 11.8. The van der Waals surface area contributed by atoms with Gasteiger partial charge in [0.1, 0.15) is 5.82 Å². The molecule has 0 saturated carbocycles. The van der Waals surface area contributed by atoms with Gasteiger partial charge in [-0.05, 0) is 11.6 Å². The molecule has 0 fully saturated rings. The Morgan fingerprint density at radius 1 is 1.40 bits per heavy atom. The number of nitrogens with one attached hydrogen (secondary N) is 1. The van der Waals surface area contributed by atoms with Gasteiger partial charge in [0.05, 0.1) is 12.7 Å². The quantitative estimate of drug-likeness (QED) is 0.641. The summed E-state index contributed by atoms with van der Waals surface area (Å²) in [6.45, 7) is 1.44. The molecule has 5 heteroatoms. The van der Waals surface area contributed by atoms with Crippen molar-refractivity contribution in [3.8, 4) is 0 Å². The highest BCUT2D eigenvalue weighted by Crippen LogP contribution is 2.09. The van der Waals surface area contributed by atoms with Gasteiger partial charge in [0.15, 0.2) is 0 Å². The lowest BCUT2D eigenvalue weighted by Gasteiger charge is -2.09. The van der Waals surface area contributed by atoms with Crippen LogP contribution in [0.25, 0.3) is 0 Å². The summed E-state index contributed by atoms with van der Waals surface area (Å²) in [7, 11) is 3.38. The van der Waals surface area contributed by atoms with Gasteiger partial charge in [-0.25, -0.2) is 9.78 Å². The van der Waals surface area contributed by atoms with E-state index in [1.807, 2.05) is 36.0 Å². The smallest absolute Gasteiger partial charge is 0.338 e. The number of carbonyl (C=O) groups is 1. The van der Waals surface area contributed by atoms with E-state index >= 15 is 0 Å². The van der Waals surface area contributed by atoms with Gasteiger partial charge < -0.3 is 14.6 Å². The maximum atomic E-state index is 11.6. The van der Waals surface area contributed by atoms with Crippen molar-refractivity contribution in [3.63, 3.8) is 0 Å². The third-order valence-corrected chi connectivity index (χ3v) is 3.18. The van der Waals surface area contributed by atoms with Crippen LogP contribution in [-0.4, -0.2) is 29.2 Å². The van der Waals surface area contributed by atoms with Crippen LogP contribution in [0.15, 0.2) is 36.7 Å². The fourth-order valence-electron chi connectivity index (χ4n) is 2.04. The molecule has 0 aliphatic carbocycles. The molecule has 0 radical (unpaired) electrons. The zero-order valence-electron chi connectivity index (χ0n) is 11.8. The molecule has 0 aliphatic heterocycles. The SMILES string of the molecule is COC(=O)c1ccccc1CNCCc1nccn1C. The van der Waals surface area contributed by atoms with Crippen molar-refractivity contribution in [2.75, 3.05) is 13.7 Å². The summed E-state index contributed by atoms with van der Waals surface area (Å²) in [5, 5.41) is 3.33. The molecule has 0 amide bonds. The number of hydrogen-bond donors (Lipinski definition) is 1. The minimum atomic E-state index is -0.300. The Hall–Kier alpha value is -2.14. The van der Waals surface area contributed by atoms with Gasteiger partial charge in [0, 0.05) is 39.0 Å². The number of esters is 1. The fourth-order valence-corrected chi connectivity index (χ4v) is 2.04. The molecule has 1 heterocycles. The molecule has 5 nitrogen and oxygen atoms in total. The number of aromatic nitrogens is 2. The number of carbonyl (C=O) groups excluding carboxylic acids is 1. The molecule has 1 N–H and O–H groups in total. The average Bonchev–Trinajstić information content (AvgIpc) is 2.88. The summed E-state index contributed by atoms with van der Waals surface area (Å²) >= 11 is 0. The van der Waals surface area contributed by atoms with E-state index in [0.29, 0.717) is 12.1 Å². The molecule has 0 unspecified atom stereocenters. The molecule has 2 aromatic rings. The van der Waals surface area contributed by atoms with Gasteiger partial charge in [-0.1, -0.05) is 18.2 Å². The number of hydrogen-bond acceptors (Lipinski definition) is 4. The highest BCUT2D eigenvalue weighted by atomic mass is 16.5. The Bertz CT molecular complexity index is 578. The summed E-state index contributed by atoms with van der Waals surface area (Å²) in [6, 6.07) is 7.47. The first-order chi connectivity index (χ1) is 9.72. The summed E-state index contributed by atoms with van der Waals surface area (Å²) in [4.78, 5) is 15.9. The second-order valence-electron chi connectivity index (χ2n) is 4.53. The van der Waals surface area contributed by atoms with E-state index in [9.17, 15) is 4.79 Å². The van der Waals surface area contributed by atoms with Gasteiger partial charge in [0.2, 0.25) is 0 Å². The summed E-state index contributed by atoms with van der Waals surface area (Å²) in [6.07, 6.45) is 4.58. The number of methoxy groups -OCH3 is 1. The van der Waals surface area contributed by atoms with Crippen LogP contribution in [0.2, 0.25) is 0 Å². The molecule has 0 bridgehead atoms. The summed E-state index contributed by atoms with van der Waals surface area (Å²) in [5.74, 6) is 0.741. The van der Waals surface area contributed by atoms with Gasteiger partial charge in [0.25, 0.3) is 0 Å². The van der Waals surface area contributed by atoms with Crippen molar-refractivity contribution in [2.45, 2.75) is 13.0 Å². The molecule has 0 aliphatic rings. The van der Waals surface area contributed by atoms with Crippen LogP contribution in [0.5, 0.6) is 0 Å². The number of aryl methyl sites for hydroxylation is 1. The van der Waals surface area contributed by atoms with E-state index in [4.69, 9.17) is 4.74 Å². The van der Waals surface area contributed by atoms with Crippen molar-refractivity contribution >= 4 is 5.97 Å². The molecule has 0 spiro atoms. The molecule has 0 atom stereocenters. The van der Waals surface area contributed by atoms with Gasteiger partial charge in [-0.2, -0.15) is 0 Å². The van der Waals surface area contributed by atoms with E-state index in [1.165, 1.54) is 7.11 Å². The lowest BCUT2D eigenvalue weighted by atomic mass is 10.1. The first kappa shape index (κ1) is 14.3. The fraction of sp³-hybridized carbons (Fsp3) is 0.333. The summed E-state index contributed by atoms with van der Waals surface area (Å²) < 4.78 is 6.78. The van der Waals surface area contributed by atoms with E-state index < -0.39 is 0 Å². The highest BCUT2D eigenvalue weighted by Gasteiger charge is 2.10. The second kappa shape index (κ2) is 6.86. The number of rotatable bonds is 6. The first-order valence-electron chi connectivity index (χ1n) is 6.55. The predicted octanol–water partition coefficient (Wildman–Crippen LogP) is 1.54. The predicted molar refractivity (Wildman–Crippen MR) is 76.4 cm³/mol. The second-order valence-corrected chi connectivity index (χ2v) is 4.53. The Morgan fingerprint density at radius 3 is 2.90 bits per heavy atom. The van der Waals surface area contributed by atoms with Crippen LogP contribution in [0.4, 0.5) is 0 Å². The van der Waals surface area contributed by atoms with E-state index in [0.717, 1.165) is 24.4 Å². The Morgan fingerprint density at radius 2 is 2.20 bits per heavy atom.